The molecular weight excluding hydrogens is 158 g/mol. The third-order valence-corrected chi connectivity index (χ3v) is 2.70. The van der Waals surface area contributed by atoms with E-state index in [1.165, 1.54) is 0 Å². The Kier molecular flexibility index (Phi) is 1.32. The van der Waals surface area contributed by atoms with Gasteiger partial charge in [0.05, 0.1) is 15.8 Å². The number of nitrogens with one attached hydrogen (secondary N) is 1. The van der Waals surface area contributed by atoms with E-state index in [1.807, 2.05) is 18.4 Å². The van der Waals surface area contributed by atoms with Gasteiger partial charge in [0.25, 0.3) is 0 Å². The molecule has 0 atom stereocenters. The molecule has 2 aromatic heterocycles. The van der Waals surface area contributed by atoms with Crippen LogP contribution < -0.4 is 0 Å². The van der Waals surface area contributed by atoms with Gasteiger partial charge in [0.1, 0.15) is 0 Å². The second-order valence-electron chi connectivity index (χ2n) is 2.44. The first-order valence-corrected chi connectivity index (χ1v) is 4.22. The number of aromatic nitrogens is 1. The molecule has 11 heavy (non-hydrogen) atoms. The number of H-pyrrole nitrogens is 1. The minimum Gasteiger partial charge on any atom is -0.357 e. The number of hydrogen-bond acceptors (Lipinski definition) is 2. The van der Waals surface area contributed by atoms with E-state index in [9.17, 15) is 4.79 Å². The van der Waals surface area contributed by atoms with Crippen molar-refractivity contribution < 1.29 is 4.79 Å². The van der Waals surface area contributed by atoms with Crippen molar-refractivity contribution in [3.8, 4) is 0 Å². The highest BCUT2D eigenvalue weighted by Gasteiger charge is 2.06. The highest BCUT2D eigenvalue weighted by Crippen LogP contribution is 2.25. The number of rotatable bonds is 1. The summed E-state index contributed by atoms with van der Waals surface area (Å²) in [4.78, 5) is 13.7. The van der Waals surface area contributed by atoms with Crippen molar-refractivity contribution in [1.82, 2.24) is 4.98 Å². The lowest BCUT2D eigenvalue weighted by Gasteiger charge is -1.83. The molecular formula is C8H7NOS. The van der Waals surface area contributed by atoms with E-state index in [-0.39, 0.29) is 0 Å². The van der Waals surface area contributed by atoms with E-state index in [0.29, 0.717) is 0 Å². The van der Waals surface area contributed by atoms with Crippen LogP contribution in [-0.4, -0.2) is 11.3 Å². The fourth-order valence-corrected chi connectivity index (χ4v) is 2.11. The van der Waals surface area contributed by atoms with Crippen LogP contribution in [0.2, 0.25) is 0 Å². The number of aromatic amines is 1. The molecule has 0 saturated heterocycles. The van der Waals surface area contributed by atoms with Gasteiger partial charge in [0.2, 0.25) is 0 Å². The second kappa shape index (κ2) is 2.20. The predicted molar refractivity (Wildman–Crippen MR) is 46.3 cm³/mol. The summed E-state index contributed by atoms with van der Waals surface area (Å²) in [5.41, 5.74) is 2.83. The van der Waals surface area contributed by atoms with E-state index >= 15 is 0 Å². The van der Waals surface area contributed by atoms with Gasteiger partial charge >= 0.3 is 0 Å². The SMILES string of the molecule is Cc1[nH]c2ccsc2c1C=O. The molecule has 56 valence electrons. The molecule has 3 heteroatoms. The molecule has 0 aliphatic rings. The highest BCUT2D eigenvalue weighted by molar-refractivity contribution is 7.17. The number of aryl methyl sites for hydroxylation is 1. The zero-order chi connectivity index (χ0) is 7.84. The molecule has 2 aromatic rings. The normalized spacial score (nSPS) is 10.6. The number of aldehydes is 1. The largest absolute Gasteiger partial charge is 0.357 e. The summed E-state index contributed by atoms with van der Waals surface area (Å²) in [5.74, 6) is 0. The molecule has 0 fully saturated rings. The van der Waals surface area contributed by atoms with Crippen molar-refractivity contribution in [2.24, 2.45) is 0 Å². The standard InChI is InChI=1S/C8H7NOS/c1-5-6(4-10)8-7(9-5)2-3-11-8/h2-4,9H,1H3. The maximum Gasteiger partial charge on any atom is 0.153 e. The second-order valence-corrected chi connectivity index (χ2v) is 3.36. The van der Waals surface area contributed by atoms with Crippen LogP contribution in [0.5, 0.6) is 0 Å². The fourth-order valence-electron chi connectivity index (χ4n) is 1.20. The summed E-state index contributed by atoms with van der Waals surface area (Å²) in [6.45, 7) is 1.91. The third kappa shape index (κ3) is 0.811. The molecule has 0 aliphatic carbocycles. The van der Waals surface area contributed by atoms with Crippen molar-refractivity contribution in [3.63, 3.8) is 0 Å². The smallest absolute Gasteiger partial charge is 0.153 e. The average molecular weight is 165 g/mol. The maximum atomic E-state index is 10.6. The molecule has 2 heterocycles. The van der Waals surface area contributed by atoms with Gasteiger partial charge in [-0.3, -0.25) is 4.79 Å². The van der Waals surface area contributed by atoms with E-state index in [4.69, 9.17) is 0 Å². The van der Waals surface area contributed by atoms with Crippen molar-refractivity contribution >= 4 is 27.8 Å². The fraction of sp³-hybridized carbons (Fsp3) is 0.125. The van der Waals surface area contributed by atoms with Crippen LogP contribution >= 0.6 is 11.3 Å². The van der Waals surface area contributed by atoms with Crippen LogP contribution in [0.4, 0.5) is 0 Å². The Morgan fingerprint density at radius 1 is 1.64 bits per heavy atom. The molecule has 2 nitrogen and oxygen atoms in total. The minimum atomic E-state index is 0.801. The van der Waals surface area contributed by atoms with Crippen LogP contribution in [-0.2, 0) is 0 Å². The first kappa shape index (κ1) is 6.61. The van der Waals surface area contributed by atoms with Gasteiger partial charge in [0, 0.05) is 5.69 Å². The van der Waals surface area contributed by atoms with Gasteiger partial charge in [-0.25, -0.2) is 0 Å². The summed E-state index contributed by atoms with van der Waals surface area (Å²) >= 11 is 1.60. The summed E-state index contributed by atoms with van der Waals surface area (Å²) in [7, 11) is 0. The molecule has 0 spiro atoms. The lowest BCUT2D eigenvalue weighted by Crippen LogP contribution is -1.78. The zero-order valence-corrected chi connectivity index (χ0v) is 6.87. The predicted octanol–water partition coefficient (Wildman–Crippen LogP) is 2.35. The van der Waals surface area contributed by atoms with Gasteiger partial charge < -0.3 is 4.98 Å². The van der Waals surface area contributed by atoms with E-state index in [1.54, 1.807) is 11.3 Å². The maximum absolute atomic E-state index is 10.6. The quantitative estimate of drug-likeness (QED) is 0.646. The zero-order valence-electron chi connectivity index (χ0n) is 6.05. The molecule has 0 unspecified atom stereocenters. The molecule has 0 aromatic carbocycles. The van der Waals surface area contributed by atoms with Gasteiger partial charge in [-0.15, -0.1) is 11.3 Å². The Labute approximate surface area is 67.9 Å². The van der Waals surface area contributed by atoms with E-state index < -0.39 is 0 Å². The number of hydrogen-bond donors (Lipinski definition) is 1. The number of carbonyl (C=O) groups excluding carboxylic acids is 1. The Morgan fingerprint density at radius 2 is 2.45 bits per heavy atom. The average Bonchev–Trinajstić information content (AvgIpc) is 2.46. The Morgan fingerprint density at radius 3 is 3.18 bits per heavy atom. The number of carbonyl (C=O) groups is 1. The summed E-state index contributed by atoms with van der Waals surface area (Å²) < 4.78 is 1.07. The van der Waals surface area contributed by atoms with Gasteiger partial charge in [-0.1, -0.05) is 0 Å². The van der Waals surface area contributed by atoms with Gasteiger partial charge in [-0.05, 0) is 18.4 Å². The third-order valence-electron chi connectivity index (χ3n) is 1.75. The van der Waals surface area contributed by atoms with Crippen LogP contribution in [0.1, 0.15) is 16.1 Å². The molecule has 0 bridgehead atoms. The van der Waals surface area contributed by atoms with Crippen LogP contribution in [0, 0.1) is 6.92 Å². The van der Waals surface area contributed by atoms with Crippen LogP contribution in [0.3, 0.4) is 0 Å². The Hall–Kier alpha value is -1.09. The Bertz CT molecular complexity index is 399. The van der Waals surface area contributed by atoms with E-state index in [2.05, 4.69) is 4.98 Å². The minimum absolute atomic E-state index is 0.801. The summed E-state index contributed by atoms with van der Waals surface area (Å²) in [5, 5.41) is 1.98. The first-order chi connectivity index (χ1) is 5.33. The molecule has 0 saturated carbocycles. The van der Waals surface area contributed by atoms with Crippen molar-refractivity contribution in [2.45, 2.75) is 6.92 Å². The molecule has 2 rings (SSSR count). The topological polar surface area (TPSA) is 32.9 Å². The van der Waals surface area contributed by atoms with Crippen molar-refractivity contribution in [2.75, 3.05) is 0 Å². The molecule has 0 aliphatic heterocycles. The Balaban J connectivity index is 2.90. The number of thiophene rings is 1. The summed E-state index contributed by atoms with van der Waals surface area (Å²) in [6, 6.07) is 1.99. The molecule has 0 amide bonds. The van der Waals surface area contributed by atoms with Crippen molar-refractivity contribution in [1.29, 1.82) is 0 Å². The van der Waals surface area contributed by atoms with E-state index in [0.717, 1.165) is 27.8 Å². The van der Waals surface area contributed by atoms with Crippen LogP contribution in [0.25, 0.3) is 10.2 Å². The first-order valence-electron chi connectivity index (χ1n) is 3.34. The highest BCUT2D eigenvalue weighted by atomic mass is 32.1. The van der Waals surface area contributed by atoms with Crippen LogP contribution in [0.15, 0.2) is 11.4 Å². The lowest BCUT2D eigenvalue weighted by molar-refractivity contribution is 0.112. The summed E-state index contributed by atoms with van der Waals surface area (Å²) in [6.07, 6.45) is 0.907. The number of fused-ring (bicyclic) bond motifs is 1. The molecule has 1 N–H and O–H groups in total. The molecule has 0 radical (unpaired) electrons. The van der Waals surface area contributed by atoms with Gasteiger partial charge in [-0.2, -0.15) is 0 Å². The van der Waals surface area contributed by atoms with Gasteiger partial charge in [0.15, 0.2) is 6.29 Å². The lowest BCUT2D eigenvalue weighted by atomic mass is 10.3. The van der Waals surface area contributed by atoms with Crippen molar-refractivity contribution in [3.05, 3.63) is 22.7 Å². The monoisotopic (exact) mass is 165 g/mol.